The van der Waals surface area contributed by atoms with Crippen LogP contribution in [0.15, 0.2) is 0 Å². The van der Waals surface area contributed by atoms with Crippen molar-refractivity contribution in [3.63, 3.8) is 0 Å². The zero-order valence-electron chi connectivity index (χ0n) is 12.4. The van der Waals surface area contributed by atoms with Crippen LogP contribution < -0.4 is 10.6 Å². The van der Waals surface area contributed by atoms with Gasteiger partial charge >= 0.3 is 0 Å². The van der Waals surface area contributed by atoms with E-state index in [4.69, 9.17) is 15.5 Å². The minimum atomic E-state index is 0.544. The summed E-state index contributed by atoms with van der Waals surface area (Å²) in [7, 11) is 1.78. The summed E-state index contributed by atoms with van der Waals surface area (Å²) >= 11 is 0. The van der Waals surface area contributed by atoms with Crippen molar-refractivity contribution < 1.29 is 4.74 Å². The summed E-state index contributed by atoms with van der Waals surface area (Å²) in [5, 5.41) is 0. The number of nitrogen functional groups attached to an aromatic ring is 1. The molecule has 5 nitrogen and oxygen atoms in total. The van der Waals surface area contributed by atoms with Crippen LogP contribution >= 0.6 is 0 Å². The van der Waals surface area contributed by atoms with E-state index in [0.717, 1.165) is 49.7 Å². The van der Waals surface area contributed by atoms with Crippen molar-refractivity contribution in [3.05, 3.63) is 11.4 Å². The molecule has 5 heteroatoms. The minimum Gasteiger partial charge on any atom is -0.384 e. The lowest BCUT2D eigenvalue weighted by Gasteiger charge is -2.33. The third-order valence-corrected chi connectivity index (χ3v) is 4.43. The number of nitrogens with two attached hydrogens (primary N) is 1. The Morgan fingerprint density at radius 1 is 1.20 bits per heavy atom. The highest BCUT2D eigenvalue weighted by molar-refractivity contribution is 5.57. The quantitative estimate of drug-likeness (QED) is 0.912. The number of piperidine rings is 1. The molecule has 2 aliphatic rings. The molecule has 0 unspecified atom stereocenters. The Morgan fingerprint density at radius 3 is 2.50 bits per heavy atom. The number of aromatic nitrogens is 2. The van der Waals surface area contributed by atoms with E-state index in [9.17, 15) is 0 Å². The second-order valence-electron chi connectivity index (χ2n) is 6.08. The zero-order valence-corrected chi connectivity index (χ0v) is 12.4. The minimum absolute atomic E-state index is 0.544. The fourth-order valence-corrected chi connectivity index (χ4v) is 2.92. The lowest BCUT2D eigenvalue weighted by atomic mass is 9.97. The lowest BCUT2D eigenvalue weighted by Crippen LogP contribution is -2.36. The van der Waals surface area contributed by atoms with Crippen molar-refractivity contribution in [3.8, 4) is 0 Å². The molecule has 1 aliphatic carbocycles. The van der Waals surface area contributed by atoms with Crippen LogP contribution in [0.3, 0.4) is 0 Å². The van der Waals surface area contributed by atoms with Gasteiger partial charge in [-0.25, -0.2) is 9.97 Å². The van der Waals surface area contributed by atoms with Gasteiger partial charge in [-0.15, -0.1) is 0 Å². The van der Waals surface area contributed by atoms with E-state index in [0.29, 0.717) is 17.7 Å². The number of rotatable bonds is 4. The average Bonchev–Trinajstić information content (AvgIpc) is 3.28. The molecule has 0 bridgehead atoms. The molecule has 2 N–H and O–H groups in total. The first-order valence-electron chi connectivity index (χ1n) is 7.57. The summed E-state index contributed by atoms with van der Waals surface area (Å²) in [5.74, 6) is 3.87. The molecule has 0 amide bonds. The molecule has 1 saturated carbocycles. The first-order valence-corrected chi connectivity index (χ1v) is 7.57. The van der Waals surface area contributed by atoms with E-state index < -0.39 is 0 Å². The molecule has 110 valence electrons. The van der Waals surface area contributed by atoms with Gasteiger partial charge in [-0.3, -0.25) is 0 Å². The van der Waals surface area contributed by atoms with Gasteiger partial charge in [-0.1, -0.05) is 0 Å². The van der Waals surface area contributed by atoms with Gasteiger partial charge in [0.25, 0.3) is 0 Å². The first-order chi connectivity index (χ1) is 9.69. The Morgan fingerprint density at radius 2 is 1.90 bits per heavy atom. The zero-order chi connectivity index (χ0) is 14.1. The molecule has 1 aliphatic heterocycles. The number of methoxy groups -OCH3 is 1. The summed E-state index contributed by atoms with van der Waals surface area (Å²) in [5.41, 5.74) is 7.10. The monoisotopic (exact) mass is 276 g/mol. The maximum absolute atomic E-state index is 6.07. The summed E-state index contributed by atoms with van der Waals surface area (Å²) in [6.45, 7) is 4.97. The fraction of sp³-hybridized carbons (Fsp3) is 0.733. The van der Waals surface area contributed by atoms with E-state index in [2.05, 4.69) is 9.88 Å². The van der Waals surface area contributed by atoms with Crippen LogP contribution in [-0.2, 0) is 4.74 Å². The summed E-state index contributed by atoms with van der Waals surface area (Å²) in [4.78, 5) is 11.6. The van der Waals surface area contributed by atoms with Crippen LogP contribution in [0.25, 0.3) is 0 Å². The van der Waals surface area contributed by atoms with Gasteiger partial charge in [0, 0.05) is 38.3 Å². The van der Waals surface area contributed by atoms with E-state index in [1.54, 1.807) is 7.11 Å². The Kier molecular flexibility index (Phi) is 3.78. The SMILES string of the molecule is COCC1CCN(c2nc(C3CC3)nc(N)c2C)CC1. The third kappa shape index (κ3) is 2.73. The van der Waals surface area contributed by atoms with Crippen LogP contribution in [0.5, 0.6) is 0 Å². The second kappa shape index (κ2) is 5.56. The maximum atomic E-state index is 6.07. The normalized spacial score (nSPS) is 20.4. The van der Waals surface area contributed by atoms with Crippen molar-refractivity contribution in [1.82, 2.24) is 9.97 Å². The molecular formula is C15H24N4O. The smallest absolute Gasteiger partial charge is 0.137 e. The molecule has 2 heterocycles. The van der Waals surface area contributed by atoms with E-state index >= 15 is 0 Å². The molecule has 0 aromatic carbocycles. The highest BCUT2D eigenvalue weighted by Crippen LogP contribution is 2.40. The predicted molar refractivity (Wildman–Crippen MR) is 80.0 cm³/mol. The van der Waals surface area contributed by atoms with Crippen molar-refractivity contribution in [2.75, 3.05) is 37.4 Å². The topological polar surface area (TPSA) is 64.3 Å². The summed E-state index contributed by atoms with van der Waals surface area (Å²) in [6, 6.07) is 0. The molecule has 0 atom stereocenters. The standard InChI is InChI=1S/C15H24N4O/c1-10-13(16)17-14(12-3-4-12)18-15(10)19-7-5-11(6-8-19)9-20-2/h11-12H,3-9H2,1-2H3,(H2,16,17,18). The van der Waals surface area contributed by atoms with Crippen LogP contribution in [0, 0.1) is 12.8 Å². The van der Waals surface area contributed by atoms with Crippen LogP contribution in [-0.4, -0.2) is 36.8 Å². The van der Waals surface area contributed by atoms with Gasteiger partial charge < -0.3 is 15.4 Å². The van der Waals surface area contributed by atoms with Crippen molar-refractivity contribution >= 4 is 11.6 Å². The van der Waals surface area contributed by atoms with Gasteiger partial charge in [0.1, 0.15) is 17.5 Å². The van der Waals surface area contributed by atoms with Gasteiger partial charge in [0.05, 0.1) is 0 Å². The highest BCUT2D eigenvalue weighted by Gasteiger charge is 2.29. The molecule has 0 spiro atoms. The van der Waals surface area contributed by atoms with E-state index in [1.165, 1.54) is 12.8 Å². The number of nitrogens with zero attached hydrogens (tertiary/aromatic N) is 3. The number of hydrogen-bond acceptors (Lipinski definition) is 5. The van der Waals surface area contributed by atoms with Crippen LogP contribution in [0.1, 0.15) is 43.0 Å². The predicted octanol–water partition coefficient (Wildman–Crippen LogP) is 2.11. The first kappa shape index (κ1) is 13.6. The molecule has 1 aromatic heterocycles. The summed E-state index contributed by atoms with van der Waals surface area (Å²) < 4.78 is 5.26. The molecule has 1 aromatic rings. The van der Waals surface area contributed by atoms with Crippen molar-refractivity contribution in [2.24, 2.45) is 5.92 Å². The summed E-state index contributed by atoms with van der Waals surface area (Å²) in [6.07, 6.45) is 4.74. The van der Waals surface area contributed by atoms with Crippen LogP contribution in [0.2, 0.25) is 0 Å². The number of ether oxygens (including phenoxy) is 1. The Hall–Kier alpha value is -1.36. The largest absolute Gasteiger partial charge is 0.384 e. The molecule has 2 fully saturated rings. The lowest BCUT2D eigenvalue weighted by molar-refractivity contribution is 0.139. The van der Waals surface area contributed by atoms with Crippen LogP contribution in [0.4, 0.5) is 11.6 Å². The molecule has 0 radical (unpaired) electrons. The van der Waals surface area contributed by atoms with Gasteiger partial charge in [0.2, 0.25) is 0 Å². The Bertz CT molecular complexity index is 479. The Labute approximate surface area is 120 Å². The number of hydrogen-bond donors (Lipinski definition) is 1. The Balaban J connectivity index is 1.76. The van der Waals surface area contributed by atoms with E-state index in [1.807, 2.05) is 6.92 Å². The van der Waals surface area contributed by atoms with E-state index in [-0.39, 0.29) is 0 Å². The van der Waals surface area contributed by atoms with Crippen molar-refractivity contribution in [1.29, 1.82) is 0 Å². The maximum Gasteiger partial charge on any atom is 0.137 e. The molecule has 20 heavy (non-hydrogen) atoms. The fourth-order valence-electron chi connectivity index (χ4n) is 2.92. The molecular weight excluding hydrogens is 252 g/mol. The second-order valence-corrected chi connectivity index (χ2v) is 6.08. The van der Waals surface area contributed by atoms with Gasteiger partial charge in [0.15, 0.2) is 0 Å². The number of anilines is 2. The third-order valence-electron chi connectivity index (χ3n) is 4.43. The average molecular weight is 276 g/mol. The van der Waals surface area contributed by atoms with Gasteiger partial charge in [-0.2, -0.15) is 0 Å². The van der Waals surface area contributed by atoms with Gasteiger partial charge in [-0.05, 0) is 38.5 Å². The van der Waals surface area contributed by atoms with Crippen molar-refractivity contribution in [2.45, 2.75) is 38.5 Å². The highest BCUT2D eigenvalue weighted by atomic mass is 16.5. The molecule has 1 saturated heterocycles. The molecule has 3 rings (SSSR count).